The van der Waals surface area contributed by atoms with Crippen LogP contribution < -0.4 is 5.56 Å². The number of thioether (sulfide) groups is 1. The zero-order valence-electron chi connectivity index (χ0n) is 15.0. The molecule has 0 aliphatic heterocycles. The van der Waals surface area contributed by atoms with Gasteiger partial charge in [-0.1, -0.05) is 18.7 Å². The molecule has 0 spiro atoms. The van der Waals surface area contributed by atoms with Gasteiger partial charge in [0.15, 0.2) is 0 Å². The Morgan fingerprint density at radius 1 is 1.33 bits per heavy atom. The first kappa shape index (κ1) is 17.3. The van der Waals surface area contributed by atoms with Crippen molar-refractivity contribution in [3.05, 3.63) is 44.4 Å². The number of aromatic nitrogens is 4. The molecule has 2 atom stereocenters. The van der Waals surface area contributed by atoms with Gasteiger partial charge in [-0.25, -0.2) is 15.0 Å². The minimum Gasteiger partial charge on any atom is -0.309 e. The topological polar surface area (TPSA) is 71.5 Å². The smallest absolute Gasteiger partial charge is 0.259 e. The van der Waals surface area contributed by atoms with Crippen LogP contribution in [0, 0.1) is 5.92 Å². The zero-order valence-corrected chi connectivity index (χ0v) is 17.4. The molecule has 5 nitrogen and oxygen atoms in total. The van der Waals surface area contributed by atoms with Crippen molar-refractivity contribution in [2.24, 2.45) is 5.92 Å². The number of fused-ring (bicyclic) bond motifs is 4. The molecule has 4 aromatic rings. The molecule has 0 fully saturated rings. The van der Waals surface area contributed by atoms with Crippen LogP contribution in [-0.2, 0) is 12.8 Å². The molecule has 1 N–H and O–H groups in total. The molecule has 4 aromatic heterocycles. The summed E-state index contributed by atoms with van der Waals surface area (Å²) in [5, 5.41) is 4.82. The summed E-state index contributed by atoms with van der Waals surface area (Å²) in [6, 6.07) is 2.04. The third kappa shape index (κ3) is 2.99. The maximum absolute atomic E-state index is 12.8. The van der Waals surface area contributed by atoms with Crippen LogP contribution >= 0.6 is 34.4 Å². The van der Waals surface area contributed by atoms with Gasteiger partial charge in [0.2, 0.25) is 0 Å². The van der Waals surface area contributed by atoms with E-state index in [1.54, 1.807) is 40.8 Å². The Kier molecular flexibility index (Phi) is 4.29. The quantitative estimate of drug-likeness (QED) is 0.379. The molecule has 138 valence electrons. The van der Waals surface area contributed by atoms with Gasteiger partial charge in [0.25, 0.3) is 5.56 Å². The number of aromatic amines is 1. The third-order valence-electron chi connectivity index (χ3n) is 5.08. The first-order valence-electron chi connectivity index (χ1n) is 8.99. The van der Waals surface area contributed by atoms with Crippen LogP contribution in [0.2, 0.25) is 0 Å². The van der Waals surface area contributed by atoms with E-state index in [4.69, 9.17) is 4.98 Å². The second-order valence-corrected chi connectivity index (χ2v) is 10.4. The van der Waals surface area contributed by atoms with Crippen molar-refractivity contribution < 1.29 is 0 Å². The van der Waals surface area contributed by atoms with Crippen molar-refractivity contribution in [1.29, 1.82) is 0 Å². The van der Waals surface area contributed by atoms with Crippen LogP contribution in [0.25, 0.3) is 20.4 Å². The fourth-order valence-corrected chi connectivity index (χ4v) is 6.79. The van der Waals surface area contributed by atoms with Gasteiger partial charge in [-0.05, 0) is 49.1 Å². The lowest BCUT2D eigenvalue weighted by Gasteiger charge is -2.17. The van der Waals surface area contributed by atoms with E-state index >= 15 is 0 Å². The molecule has 0 saturated carbocycles. The molecule has 27 heavy (non-hydrogen) atoms. The maximum Gasteiger partial charge on any atom is 0.259 e. The summed E-state index contributed by atoms with van der Waals surface area (Å²) in [7, 11) is 0. The van der Waals surface area contributed by atoms with Gasteiger partial charge < -0.3 is 4.98 Å². The lowest BCUT2D eigenvalue weighted by atomic mass is 9.89. The predicted octanol–water partition coefficient (Wildman–Crippen LogP) is 4.97. The highest BCUT2D eigenvalue weighted by Crippen LogP contribution is 2.39. The molecule has 0 radical (unpaired) electrons. The number of nitrogens with zero attached hydrogens (tertiary/aromatic N) is 3. The normalized spacial score (nSPS) is 18.1. The van der Waals surface area contributed by atoms with Gasteiger partial charge in [0.05, 0.1) is 10.6 Å². The number of thiophene rings is 2. The fourth-order valence-electron chi connectivity index (χ4n) is 3.64. The summed E-state index contributed by atoms with van der Waals surface area (Å²) in [6.07, 6.45) is 4.80. The second-order valence-electron chi connectivity index (χ2n) is 7.06. The van der Waals surface area contributed by atoms with Crippen LogP contribution in [-0.4, -0.2) is 19.9 Å². The first-order chi connectivity index (χ1) is 13.1. The van der Waals surface area contributed by atoms with Crippen molar-refractivity contribution in [2.45, 2.75) is 43.4 Å². The van der Waals surface area contributed by atoms with E-state index in [1.807, 2.05) is 11.4 Å². The van der Waals surface area contributed by atoms with E-state index in [2.05, 4.69) is 28.8 Å². The Balaban J connectivity index is 1.53. The van der Waals surface area contributed by atoms with Crippen LogP contribution in [0.1, 0.15) is 41.8 Å². The average Bonchev–Trinajstić information content (AvgIpc) is 3.25. The predicted molar refractivity (Wildman–Crippen MR) is 113 cm³/mol. The highest BCUT2D eigenvalue weighted by Gasteiger charge is 2.24. The Hall–Kier alpha value is -1.77. The number of aryl methyl sites for hydroxylation is 1. The van der Waals surface area contributed by atoms with Gasteiger partial charge in [-0.2, -0.15) is 0 Å². The molecule has 1 aliphatic carbocycles. The Labute approximate surface area is 168 Å². The van der Waals surface area contributed by atoms with Gasteiger partial charge in [-0.15, -0.1) is 22.7 Å². The highest BCUT2D eigenvalue weighted by molar-refractivity contribution is 7.99. The summed E-state index contributed by atoms with van der Waals surface area (Å²) in [6.45, 7) is 4.34. The Bertz CT molecular complexity index is 1210. The standard InChI is InChI=1S/C19H18N4OS3/c1-9-3-4-11-13(7-9)27-19-14(11)16(24)22-15(23-19)10(2)26-18-12-5-6-25-17(12)20-8-21-18/h5-6,8-10H,3-4,7H2,1-2H3,(H,22,23,24)/t9-,10-/m1/s1. The molecular weight excluding hydrogens is 396 g/mol. The average molecular weight is 415 g/mol. The molecule has 0 amide bonds. The minimum atomic E-state index is -0.00197. The number of nitrogens with one attached hydrogen (secondary N) is 1. The van der Waals surface area contributed by atoms with Crippen LogP contribution in [0.3, 0.4) is 0 Å². The van der Waals surface area contributed by atoms with E-state index in [0.717, 1.165) is 44.7 Å². The van der Waals surface area contributed by atoms with Crippen molar-refractivity contribution in [3.8, 4) is 0 Å². The second kappa shape index (κ2) is 6.68. The van der Waals surface area contributed by atoms with Gasteiger partial charge in [-0.3, -0.25) is 4.79 Å². The van der Waals surface area contributed by atoms with Crippen molar-refractivity contribution in [3.63, 3.8) is 0 Å². The van der Waals surface area contributed by atoms with E-state index in [-0.39, 0.29) is 10.8 Å². The van der Waals surface area contributed by atoms with Crippen molar-refractivity contribution in [2.75, 3.05) is 0 Å². The first-order valence-corrected chi connectivity index (χ1v) is 11.6. The number of hydrogen-bond acceptors (Lipinski definition) is 7. The molecule has 1 aliphatic rings. The van der Waals surface area contributed by atoms with E-state index in [1.165, 1.54) is 10.4 Å². The van der Waals surface area contributed by atoms with Gasteiger partial charge in [0.1, 0.15) is 26.8 Å². The molecule has 8 heteroatoms. The molecular formula is C19H18N4OS3. The van der Waals surface area contributed by atoms with E-state index in [0.29, 0.717) is 11.7 Å². The largest absolute Gasteiger partial charge is 0.309 e. The summed E-state index contributed by atoms with van der Waals surface area (Å²) >= 11 is 4.91. The SMILES string of the molecule is C[C@@H]1CCc2c(sc3nc([C@@H](C)Sc4ncnc5sccc45)[nH]c(=O)c23)C1. The lowest BCUT2D eigenvalue weighted by molar-refractivity contribution is 0.509. The van der Waals surface area contributed by atoms with E-state index < -0.39 is 0 Å². The third-order valence-corrected chi connectivity index (χ3v) is 8.18. The number of hydrogen-bond donors (Lipinski definition) is 1. The molecule has 0 bridgehead atoms. The summed E-state index contributed by atoms with van der Waals surface area (Å²) in [5.74, 6) is 1.40. The van der Waals surface area contributed by atoms with Crippen molar-refractivity contribution in [1.82, 2.24) is 19.9 Å². The maximum atomic E-state index is 12.8. The van der Waals surface area contributed by atoms with Crippen LogP contribution in [0.5, 0.6) is 0 Å². The zero-order chi connectivity index (χ0) is 18.5. The molecule has 0 saturated heterocycles. The Morgan fingerprint density at radius 3 is 3.11 bits per heavy atom. The summed E-state index contributed by atoms with van der Waals surface area (Å²) in [5.41, 5.74) is 1.22. The Morgan fingerprint density at radius 2 is 2.22 bits per heavy atom. The van der Waals surface area contributed by atoms with Crippen LogP contribution in [0.15, 0.2) is 27.6 Å². The highest BCUT2D eigenvalue weighted by atomic mass is 32.2. The molecule has 4 heterocycles. The fraction of sp³-hybridized carbons (Fsp3) is 0.368. The number of rotatable bonds is 3. The minimum absolute atomic E-state index is 0.00171. The summed E-state index contributed by atoms with van der Waals surface area (Å²) in [4.78, 5) is 32.6. The molecule has 0 aromatic carbocycles. The molecule has 5 rings (SSSR count). The number of H-pyrrole nitrogens is 1. The van der Waals surface area contributed by atoms with Crippen molar-refractivity contribution >= 4 is 54.9 Å². The lowest BCUT2D eigenvalue weighted by Crippen LogP contribution is -2.15. The van der Waals surface area contributed by atoms with Crippen LogP contribution in [0.4, 0.5) is 0 Å². The van der Waals surface area contributed by atoms with Gasteiger partial charge >= 0.3 is 0 Å². The van der Waals surface area contributed by atoms with Gasteiger partial charge in [0, 0.05) is 10.3 Å². The monoisotopic (exact) mass is 414 g/mol. The summed E-state index contributed by atoms with van der Waals surface area (Å²) < 4.78 is 0. The molecule has 0 unspecified atom stereocenters. The van der Waals surface area contributed by atoms with E-state index in [9.17, 15) is 4.79 Å².